The van der Waals surface area contributed by atoms with Crippen molar-refractivity contribution >= 4 is 0 Å². The summed E-state index contributed by atoms with van der Waals surface area (Å²) in [4.78, 5) is 0. The van der Waals surface area contributed by atoms with Crippen molar-refractivity contribution in [3.05, 3.63) is 0 Å². The maximum atomic E-state index is 3.70. The minimum atomic E-state index is 0.689. The van der Waals surface area contributed by atoms with E-state index in [1.807, 2.05) is 0 Å². The zero-order valence-electron chi connectivity index (χ0n) is 11.9. The van der Waals surface area contributed by atoms with Crippen molar-refractivity contribution in [3.63, 3.8) is 0 Å². The number of nitrogens with one attached hydrogen (secondary N) is 2. The highest BCUT2D eigenvalue weighted by Gasteiger charge is 2.11. The molecule has 0 aromatic carbocycles. The van der Waals surface area contributed by atoms with Crippen LogP contribution in [0, 0.1) is 0 Å². The first-order valence-corrected chi connectivity index (χ1v) is 7.79. The topological polar surface area (TPSA) is 24.1 Å². The van der Waals surface area contributed by atoms with Crippen LogP contribution < -0.4 is 10.6 Å². The van der Waals surface area contributed by atoms with Crippen molar-refractivity contribution in [2.24, 2.45) is 0 Å². The van der Waals surface area contributed by atoms with E-state index in [1.54, 1.807) is 0 Å². The van der Waals surface area contributed by atoms with Gasteiger partial charge in [-0.2, -0.15) is 0 Å². The van der Waals surface area contributed by atoms with Crippen LogP contribution in [0.2, 0.25) is 0 Å². The molecule has 0 amide bonds. The Kier molecular flexibility index (Phi) is 8.72. The smallest absolute Gasteiger partial charge is 0.0192 e. The summed E-state index contributed by atoms with van der Waals surface area (Å²) in [7, 11) is 0. The Morgan fingerprint density at radius 2 is 2.00 bits per heavy atom. The molecule has 17 heavy (non-hydrogen) atoms. The van der Waals surface area contributed by atoms with E-state index in [2.05, 4.69) is 24.5 Å². The first-order chi connectivity index (χ1) is 8.33. The average Bonchev–Trinajstić information content (AvgIpc) is 2.28. The summed E-state index contributed by atoms with van der Waals surface area (Å²) < 4.78 is 0. The molecule has 0 radical (unpaired) electrons. The lowest BCUT2D eigenvalue weighted by atomic mass is 10.0. The molecule has 0 bridgehead atoms. The van der Waals surface area contributed by atoms with Crippen LogP contribution in [-0.4, -0.2) is 25.2 Å². The van der Waals surface area contributed by atoms with Gasteiger partial charge >= 0.3 is 0 Å². The van der Waals surface area contributed by atoms with E-state index in [4.69, 9.17) is 0 Å². The molecule has 102 valence electrons. The summed E-state index contributed by atoms with van der Waals surface area (Å²) in [5.41, 5.74) is 0. The standard InChI is InChI=1S/C15H32N2/c1-3-4-7-10-14(2)17-13-15-11-8-5-6-9-12-16-15/h14-17H,3-13H2,1-2H3. The van der Waals surface area contributed by atoms with Gasteiger partial charge in [0.15, 0.2) is 0 Å². The van der Waals surface area contributed by atoms with Gasteiger partial charge in [0.1, 0.15) is 0 Å². The van der Waals surface area contributed by atoms with Gasteiger partial charge < -0.3 is 10.6 Å². The van der Waals surface area contributed by atoms with Gasteiger partial charge in [-0.3, -0.25) is 0 Å². The Morgan fingerprint density at radius 3 is 2.82 bits per heavy atom. The molecule has 0 spiro atoms. The van der Waals surface area contributed by atoms with E-state index in [0.29, 0.717) is 12.1 Å². The Morgan fingerprint density at radius 1 is 1.18 bits per heavy atom. The van der Waals surface area contributed by atoms with Gasteiger partial charge in [-0.25, -0.2) is 0 Å². The van der Waals surface area contributed by atoms with Crippen LogP contribution in [-0.2, 0) is 0 Å². The maximum absolute atomic E-state index is 3.70. The van der Waals surface area contributed by atoms with Crippen molar-refractivity contribution in [2.75, 3.05) is 13.1 Å². The fourth-order valence-electron chi connectivity index (χ4n) is 2.60. The van der Waals surface area contributed by atoms with E-state index in [-0.39, 0.29) is 0 Å². The monoisotopic (exact) mass is 240 g/mol. The summed E-state index contributed by atoms with van der Waals surface area (Å²) in [6, 6.07) is 1.40. The maximum Gasteiger partial charge on any atom is 0.0192 e. The second kappa shape index (κ2) is 9.90. The first kappa shape index (κ1) is 15.0. The van der Waals surface area contributed by atoms with Gasteiger partial charge in [-0.1, -0.05) is 45.4 Å². The molecular formula is C15H32N2. The third-order valence-corrected chi connectivity index (χ3v) is 3.87. The molecule has 1 aliphatic heterocycles. The highest BCUT2D eigenvalue weighted by atomic mass is 15.0. The molecule has 0 aromatic rings. The zero-order valence-corrected chi connectivity index (χ0v) is 11.9. The van der Waals surface area contributed by atoms with E-state index in [1.165, 1.54) is 64.3 Å². The Balaban J connectivity index is 2.06. The van der Waals surface area contributed by atoms with E-state index < -0.39 is 0 Å². The van der Waals surface area contributed by atoms with Crippen molar-refractivity contribution in [1.29, 1.82) is 0 Å². The second-order valence-corrected chi connectivity index (χ2v) is 5.66. The third-order valence-electron chi connectivity index (χ3n) is 3.87. The molecule has 2 atom stereocenters. The van der Waals surface area contributed by atoms with Crippen molar-refractivity contribution in [3.8, 4) is 0 Å². The number of hydrogen-bond donors (Lipinski definition) is 2. The first-order valence-electron chi connectivity index (χ1n) is 7.79. The van der Waals surface area contributed by atoms with Crippen molar-refractivity contribution < 1.29 is 0 Å². The van der Waals surface area contributed by atoms with Crippen molar-refractivity contribution in [2.45, 2.75) is 83.7 Å². The van der Waals surface area contributed by atoms with E-state index in [0.717, 1.165) is 6.54 Å². The molecule has 1 heterocycles. The van der Waals surface area contributed by atoms with Gasteiger partial charge in [0.05, 0.1) is 0 Å². The summed E-state index contributed by atoms with van der Waals surface area (Å²) >= 11 is 0. The highest BCUT2D eigenvalue weighted by molar-refractivity contribution is 4.74. The molecule has 1 aliphatic rings. The minimum absolute atomic E-state index is 0.689. The lowest BCUT2D eigenvalue weighted by Crippen LogP contribution is -2.42. The van der Waals surface area contributed by atoms with Gasteiger partial charge in [0.2, 0.25) is 0 Å². The summed E-state index contributed by atoms with van der Waals surface area (Å²) in [5.74, 6) is 0. The Labute approximate surface area is 108 Å². The van der Waals surface area contributed by atoms with Crippen LogP contribution in [0.5, 0.6) is 0 Å². The zero-order chi connectivity index (χ0) is 12.3. The fraction of sp³-hybridized carbons (Fsp3) is 1.00. The van der Waals surface area contributed by atoms with Gasteiger partial charge in [-0.15, -0.1) is 0 Å². The minimum Gasteiger partial charge on any atom is -0.313 e. The molecule has 0 aliphatic carbocycles. The van der Waals surface area contributed by atoms with E-state index >= 15 is 0 Å². The highest BCUT2D eigenvalue weighted by Crippen LogP contribution is 2.09. The lowest BCUT2D eigenvalue weighted by molar-refractivity contribution is 0.376. The number of hydrogen-bond acceptors (Lipinski definition) is 2. The molecule has 2 unspecified atom stereocenters. The normalized spacial score (nSPS) is 24.0. The average molecular weight is 240 g/mol. The third kappa shape index (κ3) is 7.77. The SMILES string of the molecule is CCCCCC(C)NCC1CCCCCCN1. The van der Waals surface area contributed by atoms with E-state index in [9.17, 15) is 0 Å². The summed E-state index contributed by atoms with van der Waals surface area (Å²) in [5, 5.41) is 7.38. The molecule has 2 nitrogen and oxygen atoms in total. The summed E-state index contributed by atoms with van der Waals surface area (Å²) in [6.45, 7) is 6.99. The molecule has 2 heteroatoms. The predicted octanol–water partition coefficient (Wildman–Crippen LogP) is 3.47. The van der Waals surface area contributed by atoms with Crippen LogP contribution in [0.1, 0.15) is 71.6 Å². The summed E-state index contributed by atoms with van der Waals surface area (Å²) in [6.07, 6.45) is 12.4. The molecule has 0 aromatic heterocycles. The van der Waals surface area contributed by atoms with Crippen LogP contribution in [0.3, 0.4) is 0 Å². The van der Waals surface area contributed by atoms with Crippen LogP contribution in [0.4, 0.5) is 0 Å². The van der Waals surface area contributed by atoms with Crippen LogP contribution in [0.25, 0.3) is 0 Å². The largest absolute Gasteiger partial charge is 0.313 e. The van der Waals surface area contributed by atoms with Crippen LogP contribution >= 0.6 is 0 Å². The Hall–Kier alpha value is -0.0800. The molecule has 0 saturated carbocycles. The van der Waals surface area contributed by atoms with Gasteiger partial charge in [0.25, 0.3) is 0 Å². The van der Waals surface area contributed by atoms with Gasteiger partial charge in [0, 0.05) is 18.6 Å². The molecule has 1 rings (SSSR count). The molecule has 1 fully saturated rings. The van der Waals surface area contributed by atoms with Gasteiger partial charge in [-0.05, 0) is 32.7 Å². The van der Waals surface area contributed by atoms with Crippen molar-refractivity contribution in [1.82, 2.24) is 10.6 Å². The fourth-order valence-corrected chi connectivity index (χ4v) is 2.60. The lowest BCUT2D eigenvalue weighted by Gasteiger charge is -2.24. The second-order valence-electron chi connectivity index (χ2n) is 5.66. The number of rotatable bonds is 7. The molecular weight excluding hydrogens is 208 g/mol. The molecule has 1 saturated heterocycles. The predicted molar refractivity (Wildman–Crippen MR) is 76.5 cm³/mol. The number of unbranched alkanes of at least 4 members (excludes halogenated alkanes) is 2. The quantitative estimate of drug-likeness (QED) is 0.666. The Bertz CT molecular complexity index is 162. The van der Waals surface area contributed by atoms with Crippen LogP contribution in [0.15, 0.2) is 0 Å². The molecule has 2 N–H and O–H groups in total.